The lowest BCUT2D eigenvalue weighted by Crippen LogP contribution is -2.49. The Morgan fingerprint density at radius 2 is 1.84 bits per heavy atom. The molecule has 0 N–H and O–H groups in total. The number of piperazine rings is 1. The van der Waals surface area contributed by atoms with E-state index >= 15 is 0 Å². The van der Waals surface area contributed by atoms with Gasteiger partial charge in [0.1, 0.15) is 17.3 Å². The lowest BCUT2D eigenvalue weighted by atomic mass is 10.2. The highest BCUT2D eigenvalue weighted by atomic mass is 19.4. The Kier molecular flexibility index (Phi) is 4.36. The molecule has 0 saturated carbocycles. The summed E-state index contributed by atoms with van der Waals surface area (Å²) in [5.74, 6) is 0.162. The SMILES string of the molecule is Cc1nc(N2CCN(C(=O)c3cnn(C)c3)CC2)cc(C(F)(F)F)n1. The molecule has 1 fully saturated rings. The van der Waals surface area contributed by atoms with Crippen molar-refractivity contribution in [3.8, 4) is 0 Å². The quantitative estimate of drug-likeness (QED) is 0.818. The monoisotopic (exact) mass is 354 g/mol. The fourth-order valence-electron chi connectivity index (χ4n) is 2.71. The van der Waals surface area contributed by atoms with Gasteiger partial charge in [-0.05, 0) is 6.92 Å². The molecule has 0 bridgehead atoms. The van der Waals surface area contributed by atoms with E-state index in [0.717, 1.165) is 6.07 Å². The summed E-state index contributed by atoms with van der Waals surface area (Å²) in [6, 6.07) is 0.950. The Morgan fingerprint density at radius 3 is 2.40 bits per heavy atom. The summed E-state index contributed by atoms with van der Waals surface area (Å²) in [5, 5.41) is 3.97. The highest BCUT2D eigenvalue weighted by Crippen LogP contribution is 2.30. The molecule has 25 heavy (non-hydrogen) atoms. The number of anilines is 1. The molecule has 2 aromatic rings. The Morgan fingerprint density at radius 1 is 1.16 bits per heavy atom. The molecule has 1 amide bonds. The Labute approximate surface area is 142 Å². The van der Waals surface area contributed by atoms with Crippen LogP contribution >= 0.6 is 0 Å². The van der Waals surface area contributed by atoms with Crippen LogP contribution in [0.15, 0.2) is 18.5 Å². The van der Waals surface area contributed by atoms with Crippen molar-refractivity contribution in [2.75, 3.05) is 31.1 Å². The highest BCUT2D eigenvalue weighted by Gasteiger charge is 2.34. The van der Waals surface area contributed by atoms with E-state index in [4.69, 9.17) is 0 Å². The lowest BCUT2D eigenvalue weighted by Gasteiger charge is -2.35. The van der Waals surface area contributed by atoms with Gasteiger partial charge in [-0.2, -0.15) is 18.3 Å². The molecule has 3 heterocycles. The molecule has 0 spiro atoms. The van der Waals surface area contributed by atoms with Crippen molar-refractivity contribution in [3.05, 3.63) is 35.5 Å². The molecule has 134 valence electrons. The van der Waals surface area contributed by atoms with Crippen molar-refractivity contribution < 1.29 is 18.0 Å². The molecule has 0 radical (unpaired) electrons. The van der Waals surface area contributed by atoms with Crippen LogP contribution in [-0.2, 0) is 13.2 Å². The number of nitrogens with zero attached hydrogens (tertiary/aromatic N) is 6. The molecule has 0 aliphatic carbocycles. The fourth-order valence-corrected chi connectivity index (χ4v) is 2.71. The van der Waals surface area contributed by atoms with Crippen LogP contribution in [0.2, 0.25) is 0 Å². The van der Waals surface area contributed by atoms with E-state index in [-0.39, 0.29) is 17.5 Å². The zero-order valence-electron chi connectivity index (χ0n) is 13.8. The molecule has 0 aromatic carbocycles. The van der Waals surface area contributed by atoms with Crippen LogP contribution in [0.3, 0.4) is 0 Å². The Hall–Kier alpha value is -2.65. The minimum Gasteiger partial charge on any atom is -0.353 e. The minimum absolute atomic E-state index is 0.0682. The summed E-state index contributed by atoms with van der Waals surface area (Å²) in [5.41, 5.74) is -0.461. The molecule has 3 rings (SSSR count). The van der Waals surface area contributed by atoms with Gasteiger partial charge >= 0.3 is 6.18 Å². The van der Waals surface area contributed by atoms with Crippen LogP contribution in [0.5, 0.6) is 0 Å². The molecule has 2 aromatic heterocycles. The minimum atomic E-state index is -4.51. The van der Waals surface area contributed by atoms with Crippen molar-refractivity contribution in [1.82, 2.24) is 24.6 Å². The first kappa shape index (κ1) is 17.2. The maximum absolute atomic E-state index is 12.9. The van der Waals surface area contributed by atoms with E-state index in [2.05, 4.69) is 15.1 Å². The Bertz CT molecular complexity index is 780. The number of hydrogen-bond donors (Lipinski definition) is 0. The molecule has 7 nitrogen and oxygen atoms in total. The van der Waals surface area contributed by atoms with Crippen LogP contribution in [0.4, 0.5) is 19.0 Å². The summed E-state index contributed by atoms with van der Waals surface area (Å²) in [6.07, 6.45) is -1.38. The van der Waals surface area contributed by atoms with Crippen molar-refractivity contribution in [1.29, 1.82) is 0 Å². The largest absolute Gasteiger partial charge is 0.433 e. The lowest BCUT2D eigenvalue weighted by molar-refractivity contribution is -0.141. The van der Waals surface area contributed by atoms with E-state index in [1.807, 2.05) is 0 Å². The van der Waals surface area contributed by atoms with E-state index in [1.54, 1.807) is 27.7 Å². The van der Waals surface area contributed by atoms with Crippen LogP contribution in [0, 0.1) is 6.92 Å². The predicted molar refractivity (Wildman–Crippen MR) is 83.1 cm³/mol. The summed E-state index contributed by atoms with van der Waals surface area (Å²) in [7, 11) is 1.73. The van der Waals surface area contributed by atoms with Gasteiger partial charge in [-0.1, -0.05) is 0 Å². The average molecular weight is 354 g/mol. The maximum atomic E-state index is 12.9. The van der Waals surface area contributed by atoms with Crippen molar-refractivity contribution >= 4 is 11.7 Å². The normalized spacial score (nSPS) is 15.6. The second-order valence-corrected chi connectivity index (χ2v) is 5.84. The van der Waals surface area contributed by atoms with E-state index in [1.165, 1.54) is 13.1 Å². The third kappa shape index (κ3) is 3.72. The van der Waals surface area contributed by atoms with Crippen molar-refractivity contribution in [3.63, 3.8) is 0 Å². The molecule has 10 heteroatoms. The number of aryl methyl sites for hydroxylation is 2. The first-order valence-corrected chi connectivity index (χ1v) is 7.70. The first-order valence-electron chi connectivity index (χ1n) is 7.70. The average Bonchev–Trinajstić information content (AvgIpc) is 2.99. The highest BCUT2D eigenvalue weighted by molar-refractivity contribution is 5.93. The summed E-state index contributed by atoms with van der Waals surface area (Å²) < 4.78 is 40.3. The van der Waals surface area contributed by atoms with Gasteiger partial charge < -0.3 is 9.80 Å². The van der Waals surface area contributed by atoms with Crippen LogP contribution in [0.25, 0.3) is 0 Å². The van der Waals surface area contributed by atoms with Crippen molar-refractivity contribution in [2.24, 2.45) is 7.05 Å². The van der Waals surface area contributed by atoms with Gasteiger partial charge in [0.25, 0.3) is 5.91 Å². The number of aromatic nitrogens is 4. The van der Waals surface area contributed by atoms with E-state index in [0.29, 0.717) is 31.7 Å². The molecule has 0 unspecified atom stereocenters. The predicted octanol–water partition coefficient (Wildman–Crippen LogP) is 1.50. The fraction of sp³-hybridized carbons (Fsp3) is 0.467. The number of carbonyl (C=O) groups is 1. The molecule has 1 aliphatic heterocycles. The molecular formula is C15H17F3N6O. The van der Waals surface area contributed by atoms with Gasteiger partial charge in [0.05, 0.1) is 11.8 Å². The smallest absolute Gasteiger partial charge is 0.353 e. The number of rotatable bonds is 2. The third-order valence-corrected chi connectivity index (χ3v) is 3.96. The van der Waals surface area contributed by atoms with Gasteiger partial charge in [-0.15, -0.1) is 0 Å². The number of hydrogen-bond acceptors (Lipinski definition) is 5. The van der Waals surface area contributed by atoms with E-state index < -0.39 is 11.9 Å². The van der Waals surface area contributed by atoms with Gasteiger partial charge in [-0.3, -0.25) is 9.48 Å². The summed E-state index contributed by atoms with van der Waals surface area (Å²) in [4.78, 5) is 23.3. The van der Waals surface area contributed by atoms with Crippen LogP contribution < -0.4 is 4.90 Å². The molecule has 0 atom stereocenters. The third-order valence-electron chi connectivity index (χ3n) is 3.96. The number of carbonyl (C=O) groups excluding carboxylic acids is 1. The van der Waals surface area contributed by atoms with Crippen LogP contribution in [0.1, 0.15) is 21.9 Å². The number of amides is 1. The zero-order chi connectivity index (χ0) is 18.2. The molecule has 1 saturated heterocycles. The van der Waals surface area contributed by atoms with Crippen molar-refractivity contribution in [2.45, 2.75) is 13.1 Å². The topological polar surface area (TPSA) is 67.2 Å². The maximum Gasteiger partial charge on any atom is 0.433 e. The zero-order valence-corrected chi connectivity index (χ0v) is 13.8. The van der Waals surface area contributed by atoms with Crippen LogP contribution in [-0.4, -0.2) is 56.7 Å². The first-order chi connectivity index (χ1) is 11.7. The van der Waals surface area contributed by atoms with Gasteiger partial charge in [-0.25, -0.2) is 9.97 Å². The van der Waals surface area contributed by atoms with Gasteiger partial charge in [0.2, 0.25) is 0 Å². The Balaban J connectivity index is 1.70. The second kappa shape index (κ2) is 6.34. The second-order valence-electron chi connectivity index (χ2n) is 5.84. The number of halogens is 3. The van der Waals surface area contributed by atoms with Gasteiger partial charge in [0.15, 0.2) is 0 Å². The standard InChI is InChI=1S/C15H17F3N6O/c1-10-20-12(15(16,17)18)7-13(21-10)23-3-5-24(6-4-23)14(25)11-8-19-22(2)9-11/h7-9H,3-6H2,1-2H3. The summed E-state index contributed by atoms with van der Waals surface area (Å²) in [6.45, 7) is 3.04. The number of alkyl halides is 3. The van der Waals surface area contributed by atoms with Gasteiger partial charge in [0, 0.05) is 45.5 Å². The molecule has 1 aliphatic rings. The molecular weight excluding hydrogens is 337 g/mol. The summed E-state index contributed by atoms with van der Waals surface area (Å²) >= 11 is 0. The van der Waals surface area contributed by atoms with E-state index in [9.17, 15) is 18.0 Å².